The third-order valence-corrected chi connectivity index (χ3v) is 4.04. The second kappa shape index (κ2) is 6.95. The minimum Gasteiger partial charge on any atom is -0.486 e. The Kier molecular flexibility index (Phi) is 4.74. The van der Waals surface area contributed by atoms with Crippen molar-refractivity contribution in [3.63, 3.8) is 0 Å². The number of fused-ring (bicyclic) bond motifs is 1. The van der Waals surface area contributed by atoms with Gasteiger partial charge in [-0.15, -0.1) is 0 Å². The lowest BCUT2D eigenvalue weighted by molar-refractivity contribution is 0.0810. The summed E-state index contributed by atoms with van der Waals surface area (Å²) in [7, 11) is 1.79. The molecule has 1 unspecified atom stereocenters. The Labute approximate surface area is 141 Å². The smallest absolute Gasteiger partial charge is 0.269 e. The van der Waals surface area contributed by atoms with Crippen LogP contribution in [0.5, 0.6) is 11.5 Å². The van der Waals surface area contributed by atoms with Crippen molar-refractivity contribution in [1.29, 1.82) is 0 Å². The van der Waals surface area contributed by atoms with Gasteiger partial charge < -0.3 is 14.8 Å². The first-order valence-electron chi connectivity index (χ1n) is 8.25. The first-order valence-corrected chi connectivity index (χ1v) is 8.25. The van der Waals surface area contributed by atoms with E-state index < -0.39 is 0 Å². The molecule has 1 aliphatic rings. The molecule has 0 fully saturated rings. The monoisotopic (exact) mass is 329 g/mol. The fraction of sp³-hybridized carbons (Fsp3) is 0.444. The summed E-state index contributed by atoms with van der Waals surface area (Å²) in [6.07, 6.45) is 0.632. The number of aryl methyl sites for hydroxylation is 1. The summed E-state index contributed by atoms with van der Waals surface area (Å²) in [6.45, 7) is 5.14. The highest BCUT2D eigenvalue weighted by Gasteiger charge is 2.21. The summed E-state index contributed by atoms with van der Waals surface area (Å²) in [5.74, 6) is 1.71. The van der Waals surface area contributed by atoms with Gasteiger partial charge in [-0.3, -0.25) is 9.48 Å². The van der Waals surface area contributed by atoms with Crippen LogP contribution in [0.2, 0.25) is 0 Å². The number of nitrogens with one attached hydrogen (secondary N) is 1. The number of ether oxygens (including phenoxy) is 2. The van der Waals surface area contributed by atoms with Crippen LogP contribution in [0, 0.1) is 0 Å². The number of para-hydroxylation sites is 2. The second-order valence-electron chi connectivity index (χ2n) is 6.27. The van der Waals surface area contributed by atoms with E-state index >= 15 is 0 Å². The summed E-state index contributed by atoms with van der Waals surface area (Å²) in [5.41, 5.74) is 1.49. The summed E-state index contributed by atoms with van der Waals surface area (Å²) < 4.78 is 13.2. The summed E-state index contributed by atoms with van der Waals surface area (Å²) in [5, 5.41) is 7.29. The van der Waals surface area contributed by atoms with Crippen LogP contribution in [0.25, 0.3) is 0 Å². The molecule has 1 aromatic heterocycles. The van der Waals surface area contributed by atoms with Crippen LogP contribution in [0.1, 0.15) is 42.4 Å². The fourth-order valence-corrected chi connectivity index (χ4v) is 2.63. The Bertz CT molecular complexity index is 724. The highest BCUT2D eigenvalue weighted by atomic mass is 16.6. The lowest BCUT2D eigenvalue weighted by Gasteiger charge is -2.26. The summed E-state index contributed by atoms with van der Waals surface area (Å²) in [6, 6.07) is 9.46. The highest BCUT2D eigenvalue weighted by molar-refractivity contribution is 5.92. The SMILES string of the molecule is CC(C)c1cc(C(=O)NCCC2COc3ccccc3O2)n(C)n1. The number of carbonyl (C=O) groups is 1. The maximum absolute atomic E-state index is 12.3. The number of carbonyl (C=O) groups excluding carboxylic acids is 1. The van der Waals surface area contributed by atoms with Crippen LogP contribution in [0.15, 0.2) is 30.3 Å². The fourth-order valence-electron chi connectivity index (χ4n) is 2.63. The molecule has 0 saturated heterocycles. The Morgan fingerprint density at radius 1 is 1.38 bits per heavy atom. The first-order chi connectivity index (χ1) is 11.5. The van der Waals surface area contributed by atoms with Gasteiger partial charge >= 0.3 is 0 Å². The Balaban J connectivity index is 1.51. The quantitative estimate of drug-likeness (QED) is 0.915. The van der Waals surface area contributed by atoms with Crippen LogP contribution in [0.3, 0.4) is 0 Å². The molecular formula is C18H23N3O3. The third kappa shape index (κ3) is 3.53. The van der Waals surface area contributed by atoms with E-state index in [0.29, 0.717) is 31.2 Å². The van der Waals surface area contributed by atoms with E-state index in [1.165, 1.54) is 0 Å². The zero-order valence-electron chi connectivity index (χ0n) is 14.3. The van der Waals surface area contributed by atoms with Crippen molar-refractivity contribution in [2.24, 2.45) is 7.05 Å². The number of nitrogens with zero attached hydrogens (tertiary/aromatic N) is 2. The average molecular weight is 329 g/mol. The van der Waals surface area contributed by atoms with Crippen molar-refractivity contribution in [3.05, 3.63) is 41.7 Å². The molecule has 0 radical (unpaired) electrons. The number of hydrogen-bond acceptors (Lipinski definition) is 4. The van der Waals surface area contributed by atoms with E-state index in [1.807, 2.05) is 30.3 Å². The number of hydrogen-bond donors (Lipinski definition) is 1. The molecule has 6 nitrogen and oxygen atoms in total. The zero-order chi connectivity index (χ0) is 17.1. The van der Waals surface area contributed by atoms with Crippen molar-refractivity contribution in [2.45, 2.75) is 32.3 Å². The second-order valence-corrected chi connectivity index (χ2v) is 6.27. The number of aromatic nitrogens is 2. The molecule has 3 rings (SSSR count). The molecule has 1 aromatic carbocycles. The summed E-state index contributed by atoms with van der Waals surface area (Å²) >= 11 is 0. The van der Waals surface area contributed by atoms with E-state index in [9.17, 15) is 4.79 Å². The van der Waals surface area contributed by atoms with Gasteiger partial charge in [0.25, 0.3) is 5.91 Å². The lowest BCUT2D eigenvalue weighted by Crippen LogP contribution is -2.34. The van der Waals surface area contributed by atoms with E-state index in [2.05, 4.69) is 24.3 Å². The van der Waals surface area contributed by atoms with Gasteiger partial charge in [0.05, 0.1) is 5.69 Å². The van der Waals surface area contributed by atoms with E-state index in [0.717, 1.165) is 17.2 Å². The van der Waals surface area contributed by atoms with Crippen LogP contribution in [-0.4, -0.2) is 34.9 Å². The van der Waals surface area contributed by atoms with Gasteiger partial charge in [-0.1, -0.05) is 26.0 Å². The van der Waals surface area contributed by atoms with Gasteiger partial charge in [-0.05, 0) is 24.1 Å². The van der Waals surface area contributed by atoms with Gasteiger partial charge in [0.1, 0.15) is 18.4 Å². The Hall–Kier alpha value is -2.50. The van der Waals surface area contributed by atoms with Crippen molar-refractivity contribution in [3.8, 4) is 11.5 Å². The first kappa shape index (κ1) is 16.4. The Morgan fingerprint density at radius 2 is 2.12 bits per heavy atom. The minimum absolute atomic E-state index is 0.0574. The molecule has 1 amide bonds. The maximum Gasteiger partial charge on any atom is 0.269 e. The molecule has 128 valence electrons. The summed E-state index contributed by atoms with van der Waals surface area (Å²) in [4.78, 5) is 12.3. The van der Waals surface area contributed by atoms with Crippen molar-refractivity contribution in [2.75, 3.05) is 13.2 Å². The minimum atomic E-state index is -0.117. The van der Waals surface area contributed by atoms with E-state index in [-0.39, 0.29) is 12.0 Å². The van der Waals surface area contributed by atoms with Crippen molar-refractivity contribution < 1.29 is 14.3 Å². The molecule has 0 saturated carbocycles. The molecule has 2 heterocycles. The number of rotatable bonds is 5. The Morgan fingerprint density at radius 3 is 2.83 bits per heavy atom. The molecule has 0 aliphatic carbocycles. The van der Waals surface area contributed by atoms with Gasteiger partial charge in [0.2, 0.25) is 0 Å². The molecule has 0 bridgehead atoms. The molecule has 0 spiro atoms. The van der Waals surface area contributed by atoms with Crippen LogP contribution < -0.4 is 14.8 Å². The standard InChI is InChI=1S/C18H23N3O3/c1-12(2)14-10-15(21(3)20-14)18(22)19-9-8-13-11-23-16-6-4-5-7-17(16)24-13/h4-7,10,12-13H,8-9,11H2,1-3H3,(H,19,22). The van der Waals surface area contributed by atoms with Crippen LogP contribution >= 0.6 is 0 Å². The van der Waals surface area contributed by atoms with Crippen molar-refractivity contribution >= 4 is 5.91 Å². The highest BCUT2D eigenvalue weighted by Crippen LogP contribution is 2.31. The molecular weight excluding hydrogens is 306 g/mol. The average Bonchev–Trinajstić information content (AvgIpc) is 2.97. The topological polar surface area (TPSA) is 65.4 Å². The van der Waals surface area contributed by atoms with Gasteiger partial charge in [0, 0.05) is 20.0 Å². The molecule has 24 heavy (non-hydrogen) atoms. The molecule has 2 aromatic rings. The maximum atomic E-state index is 12.3. The molecule has 6 heteroatoms. The molecule has 1 N–H and O–H groups in total. The normalized spacial score (nSPS) is 16.2. The van der Waals surface area contributed by atoms with Gasteiger partial charge in [-0.25, -0.2) is 0 Å². The van der Waals surface area contributed by atoms with Crippen LogP contribution in [0.4, 0.5) is 0 Å². The lowest BCUT2D eigenvalue weighted by atomic mass is 10.1. The predicted molar refractivity (Wildman–Crippen MR) is 90.6 cm³/mol. The van der Waals surface area contributed by atoms with E-state index in [1.54, 1.807) is 11.7 Å². The predicted octanol–water partition coefficient (Wildman–Crippen LogP) is 2.50. The van der Waals surface area contributed by atoms with E-state index in [4.69, 9.17) is 9.47 Å². The number of amides is 1. The molecule has 1 atom stereocenters. The van der Waals surface area contributed by atoms with Gasteiger partial charge in [-0.2, -0.15) is 5.10 Å². The largest absolute Gasteiger partial charge is 0.486 e. The number of benzene rings is 1. The van der Waals surface area contributed by atoms with Gasteiger partial charge in [0.15, 0.2) is 11.5 Å². The zero-order valence-corrected chi connectivity index (χ0v) is 14.3. The van der Waals surface area contributed by atoms with Crippen molar-refractivity contribution in [1.82, 2.24) is 15.1 Å². The van der Waals surface area contributed by atoms with Crippen LogP contribution in [-0.2, 0) is 7.05 Å². The third-order valence-electron chi connectivity index (χ3n) is 4.04. The molecule has 1 aliphatic heterocycles.